The molecule has 5 N–H and O–H groups in total. The number of rotatable bonds is 9. The van der Waals surface area contributed by atoms with E-state index in [1.54, 1.807) is 52.7 Å². The molecule has 0 fully saturated rings. The smallest absolute Gasteiger partial charge is 0.282 e. The summed E-state index contributed by atoms with van der Waals surface area (Å²) in [6, 6.07) is 8.60. The van der Waals surface area contributed by atoms with Crippen molar-refractivity contribution in [1.82, 2.24) is 15.4 Å². The summed E-state index contributed by atoms with van der Waals surface area (Å²) in [6.07, 6.45) is 0. The molecule has 1 unspecified atom stereocenters. The predicted molar refractivity (Wildman–Crippen MR) is 124 cm³/mol. The number of nitrogens with zero attached hydrogens (tertiary/aromatic N) is 2. The van der Waals surface area contributed by atoms with E-state index in [1.165, 1.54) is 0 Å². The van der Waals surface area contributed by atoms with Gasteiger partial charge < -0.3 is 30.0 Å². The van der Waals surface area contributed by atoms with Gasteiger partial charge in [0.2, 0.25) is 5.75 Å². The van der Waals surface area contributed by atoms with Crippen molar-refractivity contribution in [3.63, 3.8) is 0 Å². The molecule has 10 heteroatoms. The van der Waals surface area contributed by atoms with E-state index < -0.39 is 6.04 Å². The van der Waals surface area contributed by atoms with E-state index in [2.05, 4.69) is 26.5 Å². The van der Waals surface area contributed by atoms with Crippen molar-refractivity contribution in [2.45, 2.75) is 19.9 Å². The summed E-state index contributed by atoms with van der Waals surface area (Å²) >= 11 is 0. The molecule has 0 radical (unpaired) electrons. The molecule has 1 heterocycles. The van der Waals surface area contributed by atoms with Crippen LogP contribution < -0.4 is 30.0 Å². The number of carbonyl (C=O) groups is 1. The first kappa shape index (κ1) is 23.9. The summed E-state index contributed by atoms with van der Waals surface area (Å²) in [5, 5.41) is 14.3. The van der Waals surface area contributed by atoms with Gasteiger partial charge in [-0.15, -0.1) is 0 Å². The van der Waals surface area contributed by atoms with Crippen molar-refractivity contribution in [3.05, 3.63) is 30.3 Å². The maximum absolute atomic E-state index is 12.6. The first-order valence-electron chi connectivity index (χ1n) is 10.4. The summed E-state index contributed by atoms with van der Waals surface area (Å²) < 4.78 is 21.8. The molecule has 0 aliphatic carbocycles. The van der Waals surface area contributed by atoms with Gasteiger partial charge >= 0.3 is 0 Å². The number of quaternary nitrogens is 1. The second kappa shape index (κ2) is 10.2. The van der Waals surface area contributed by atoms with Gasteiger partial charge in [-0.05, 0) is 30.3 Å². The Bertz CT molecular complexity index is 1100. The topological polar surface area (TPSA) is 135 Å². The van der Waals surface area contributed by atoms with Gasteiger partial charge in [-0.3, -0.25) is 4.79 Å². The molecule has 3 aromatic rings. The molecule has 1 aromatic heterocycles. The maximum Gasteiger partial charge on any atom is 0.282 e. The van der Waals surface area contributed by atoms with Gasteiger partial charge in [0.05, 0.1) is 34.1 Å². The number of methoxy groups -OCH3 is 4. The van der Waals surface area contributed by atoms with E-state index in [4.69, 9.17) is 18.9 Å². The van der Waals surface area contributed by atoms with E-state index in [1.807, 2.05) is 19.9 Å². The van der Waals surface area contributed by atoms with Crippen LogP contribution in [-0.4, -0.2) is 55.8 Å². The summed E-state index contributed by atoms with van der Waals surface area (Å²) in [5.41, 5.74) is 7.07. The largest absolute Gasteiger partial charge is 0.495 e. The van der Waals surface area contributed by atoms with Crippen molar-refractivity contribution in [2.75, 3.05) is 33.8 Å². The Balaban J connectivity index is 2.06. The molecule has 3 rings (SSSR count). The number of hydrogen-bond donors (Lipinski definition) is 3. The van der Waals surface area contributed by atoms with Gasteiger partial charge in [0.15, 0.2) is 17.5 Å². The first-order valence-corrected chi connectivity index (χ1v) is 10.4. The molecule has 0 bridgehead atoms. The molecule has 10 nitrogen and oxygen atoms in total. The number of ether oxygens (including phenoxy) is 4. The molecule has 0 spiro atoms. The molecule has 33 heavy (non-hydrogen) atoms. The van der Waals surface area contributed by atoms with Crippen LogP contribution in [0.25, 0.3) is 22.5 Å². The minimum atomic E-state index is -0.403. The lowest BCUT2D eigenvalue weighted by atomic mass is 10.0. The van der Waals surface area contributed by atoms with Gasteiger partial charge in [0.25, 0.3) is 5.91 Å². The summed E-state index contributed by atoms with van der Waals surface area (Å²) in [6.45, 7) is 3.90. The lowest BCUT2D eigenvalue weighted by Crippen LogP contribution is -2.68. The van der Waals surface area contributed by atoms with Crippen LogP contribution in [0.2, 0.25) is 0 Å². The highest BCUT2D eigenvalue weighted by Crippen LogP contribution is 2.42. The van der Waals surface area contributed by atoms with Gasteiger partial charge in [0.1, 0.15) is 17.1 Å². The van der Waals surface area contributed by atoms with E-state index in [0.717, 1.165) is 5.56 Å². The molecular formula is C23H30N5O5+. The minimum Gasteiger partial charge on any atom is -0.495 e. The van der Waals surface area contributed by atoms with Crippen molar-refractivity contribution in [2.24, 2.45) is 5.92 Å². The van der Waals surface area contributed by atoms with Crippen molar-refractivity contribution >= 4 is 11.6 Å². The SMILES string of the molecule is COc1ccc(-c2n[nH]nc2-c2cc(OC)c(OC)c(OC)c2)cc1NC(=O)C([NH3+])C(C)C. The lowest BCUT2D eigenvalue weighted by Gasteiger charge is -2.16. The second-order valence-electron chi connectivity index (χ2n) is 7.69. The first-order chi connectivity index (χ1) is 15.8. The Labute approximate surface area is 192 Å². The van der Waals surface area contributed by atoms with Gasteiger partial charge in [-0.2, -0.15) is 15.4 Å². The number of carbonyl (C=O) groups excluding carboxylic acids is 1. The normalized spacial score (nSPS) is 11.8. The molecule has 2 aromatic carbocycles. The Morgan fingerprint density at radius 3 is 1.97 bits per heavy atom. The van der Waals surface area contributed by atoms with Crippen molar-refractivity contribution < 1.29 is 29.5 Å². The van der Waals surface area contributed by atoms with Crippen LogP contribution in [0.4, 0.5) is 5.69 Å². The zero-order chi connectivity index (χ0) is 24.1. The fourth-order valence-corrected chi connectivity index (χ4v) is 3.33. The van der Waals surface area contributed by atoms with Crippen molar-refractivity contribution in [1.29, 1.82) is 0 Å². The summed E-state index contributed by atoms with van der Waals surface area (Å²) in [4.78, 5) is 12.6. The fourth-order valence-electron chi connectivity index (χ4n) is 3.33. The third kappa shape index (κ3) is 4.85. The molecule has 1 amide bonds. The van der Waals surface area contributed by atoms with Crippen LogP contribution in [0, 0.1) is 5.92 Å². The number of H-pyrrole nitrogens is 1. The van der Waals surface area contributed by atoms with Crippen LogP contribution in [0.1, 0.15) is 13.8 Å². The lowest BCUT2D eigenvalue weighted by molar-refractivity contribution is -0.412. The highest BCUT2D eigenvalue weighted by Gasteiger charge is 2.24. The number of nitrogens with one attached hydrogen (secondary N) is 2. The van der Waals surface area contributed by atoms with E-state index in [0.29, 0.717) is 45.6 Å². The quantitative estimate of drug-likeness (QED) is 0.450. The molecule has 0 aliphatic rings. The molecule has 1 atom stereocenters. The van der Waals surface area contributed by atoms with E-state index in [9.17, 15) is 4.79 Å². The Morgan fingerprint density at radius 1 is 0.879 bits per heavy atom. The number of aromatic nitrogens is 3. The second-order valence-corrected chi connectivity index (χ2v) is 7.69. The highest BCUT2D eigenvalue weighted by atomic mass is 16.5. The van der Waals surface area contributed by atoms with Crippen LogP contribution in [-0.2, 0) is 4.79 Å². The third-order valence-electron chi connectivity index (χ3n) is 5.36. The van der Waals surface area contributed by atoms with Crippen LogP contribution in [0.15, 0.2) is 30.3 Å². The summed E-state index contributed by atoms with van der Waals surface area (Å²) in [5.74, 6) is 1.92. The molecule has 0 aliphatic heterocycles. The van der Waals surface area contributed by atoms with Gasteiger partial charge in [-0.25, -0.2) is 0 Å². The van der Waals surface area contributed by atoms with Crippen LogP contribution in [0.3, 0.4) is 0 Å². The zero-order valence-electron chi connectivity index (χ0n) is 19.7. The number of aromatic amines is 1. The molecule has 0 saturated heterocycles. The number of anilines is 1. The van der Waals surface area contributed by atoms with Crippen molar-refractivity contribution in [3.8, 4) is 45.5 Å². The third-order valence-corrected chi connectivity index (χ3v) is 5.36. The monoisotopic (exact) mass is 456 g/mol. The Morgan fingerprint density at radius 2 is 1.45 bits per heavy atom. The minimum absolute atomic E-state index is 0.0985. The number of hydrogen-bond acceptors (Lipinski definition) is 7. The van der Waals surface area contributed by atoms with E-state index in [-0.39, 0.29) is 11.8 Å². The standard InChI is InChI=1S/C23H29N5O5/c1-12(2)19(24)23(29)25-15-9-13(7-8-16(15)30-3)20-21(27-28-26-20)14-10-17(31-4)22(33-6)18(11-14)32-5/h7-12,19H,24H2,1-6H3,(H,25,29)(H,26,27,28)/p+1. The highest BCUT2D eigenvalue weighted by molar-refractivity contribution is 5.96. The number of amides is 1. The average molecular weight is 457 g/mol. The number of benzene rings is 2. The predicted octanol–water partition coefficient (Wildman–Crippen LogP) is 2.38. The maximum atomic E-state index is 12.6. The Kier molecular flexibility index (Phi) is 7.39. The van der Waals surface area contributed by atoms with Gasteiger partial charge in [-0.1, -0.05) is 13.8 Å². The van der Waals surface area contributed by atoms with Crippen LogP contribution >= 0.6 is 0 Å². The van der Waals surface area contributed by atoms with Crippen LogP contribution in [0.5, 0.6) is 23.0 Å². The molecule has 0 saturated carbocycles. The molecule has 176 valence electrons. The molecular weight excluding hydrogens is 426 g/mol. The van der Waals surface area contributed by atoms with Gasteiger partial charge in [0, 0.05) is 17.0 Å². The van der Waals surface area contributed by atoms with E-state index >= 15 is 0 Å². The average Bonchev–Trinajstić information content (AvgIpc) is 3.32. The Hall–Kier alpha value is -3.79. The summed E-state index contributed by atoms with van der Waals surface area (Å²) in [7, 11) is 6.20. The fraction of sp³-hybridized carbons (Fsp3) is 0.348. The zero-order valence-corrected chi connectivity index (χ0v) is 19.7.